The minimum absolute atomic E-state index is 0.0216. The Morgan fingerprint density at radius 1 is 0.957 bits per heavy atom. The summed E-state index contributed by atoms with van der Waals surface area (Å²) in [6.07, 6.45) is 0. The third-order valence-corrected chi connectivity index (χ3v) is 4.28. The third kappa shape index (κ3) is 3.11. The van der Waals surface area contributed by atoms with Crippen molar-refractivity contribution in [2.45, 2.75) is 26.8 Å². The lowest BCUT2D eigenvalue weighted by Gasteiger charge is -2.17. The second-order valence-electron chi connectivity index (χ2n) is 6.08. The van der Waals surface area contributed by atoms with Crippen LogP contribution in [-0.2, 0) is 0 Å². The van der Waals surface area contributed by atoms with Crippen molar-refractivity contribution in [3.05, 3.63) is 82.9 Å². The SMILES string of the molecule is Cc1ccc(C)c(C(=O)NC(C)c2cccc3ccccc23)c1. The topological polar surface area (TPSA) is 29.1 Å². The Hall–Kier alpha value is -2.61. The second-order valence-corrected chi connectivity index (χ2v) is 6.08. The van der Waals surface area contributed by atoms with Gasteiger partial charge >= 0.3 is 0 Å². The molecule has 3 aromatic rings. The summed E-state index contributed by atoms with van der Waals surface area (Å²) >= 11 is 0. The molecule has 0 bridgehead atoms. The van der Waals surface area contributed by atoms with Crippen molar-refractivity contribution >= 4 is 16.7 Å². The molecular weight excluding hydrogens is 282 g/mol. The van der Waals surface area contributed by atoms with E-state index >= 15 is 0 Å². The van der Waals surface area contributed by atoms with Crippen molar-refractivity contribution < 1.29 is 4.79 Å². The molecule has 0 radical (unpaired) electrons. The van der Waals surface area contributed by atoms with Crippen LogP contribution in [0.1, 0.15) is 40.0 Å². The predicted molar refractivity (Wildman–Crippen MR) is 95.7 cm³/mol. The molecule has 0 heterocycles. The van der Waals surface area contributed by atoms with Gasteiger partial charge in [-0.05, 0) is 48.7 Å². The van der Waals surface area contributed by atoms with Crippen molar-refractivity contribution in [3.63, 3.8) is 0 Å². The van der Waals surface area contributed by atoms with Crippen LogP contribution in [0.25, 0.3) is 10.8 Å². The number of fused-ring (bicyclic) bond motifs is 1. The van der Waals surface area contributed by atoms with E-state index in [1.807, 2.05) is 57.2 Å². The van der Waals surface area contributed by atoms with Crippen LogP contribution in [0.4, 0.5) is 0 Å². The van der Waals surface area contributed by atoms with Crippen molar-refractivity contribution in [1.82, 2.24) is 5.32 Å². The van der Waals surface area contributed by atoms with E-state index in [1.165, 1.54) is 10.8 Å². The van der Waals surface area contributed by atoms with Crippen LogP contribution < -0.4 is 5.32 Å². The summed E-state index contributed by atoms with van der Waals surface area (Å²) in [7, 11) is 0. The highest BCUT2D eigenvalue weighted by Crippen LogP contribution is 2.24. The monoisotopic (exact) mass is 303 g/mol. The molecule has 0 aliphatic carbocycles. The maximum Gasteiger partial charge on any atom is 0.252 e. The van der Waals surface area contributed by atoms with Gasteiger partial charge in [0.05, 0.1) is 6.04 Å². The summed E-state index contributed by atoms with van der Waals surface area (Å²) in [5, 5.41) is 5.51. The van der Waals surface area contributed by atoms with Crippen LogP contribution >= 0.6 is 0 Å². The number of nitrogens with one attached hydrogen (secondary N) is 1. The zero-order valence-electron chi connectivity index (χ0n) is 13.8. The molecule has 116 valence electrons. The van der Waals surface area contributed by atoms with Crippen molar-refractivity contribution in [2.24, 2.45) is 0 Å². The Balaban J connectivity index is 1.90. The fourth-order valence-electron chi connectivity index (χ4n) is 2.96. The van der Waals surface area contributed by atoms with Crippen LogP contribution in [0.2, 0.25) is 0 Å². The molecular formula is C21H21NO. The van der Waals surface area contributed by atoms with Crippen LogP contribution in [-0.4, -0.2) is 5.91 Å². The maximum atomic E-state index is 12.6. The molecule has 0 aliphatic rings. The highest BCUT2D eigenvalue weighted by molar-refractivity contribution is 5.96. The molecule has 0 aliphatic heterocycles. The average Bonchev–Trinajstić information content (AvgIpc) is 2.56. The summed E-state index contributed by atoms with van der Waals surface area (Å²) in [4.78, 5) is 12.6. The number of carbonyl (C=O) groups excluding carboxylic acids is 1. The number of amides is 1. The predicted octanol–water partition coefficient (Wildman–Crippen LogP) is 4.95. The van der Waals surface area contributed by atoms with Crippen LogP contribution in [0.3, 0.4) is 0 Å². The Morgan fingerprint density at radius 2 is 1.70 bits per heavy atom. The zero-order valence-corrected chi connectivity index (χ0v) is 13.8. The van der Waals surface area contributed by atoms with Gasteiger partial charge in [0.15, 0.2) is 0 Å². The molecule has 1 N–H and O–H groups in total. The van der Waals surface area contributed by atoms with Gasteiger partial charge in [0, 0.05) is 5.56 Å². The fraction of sp³-hybridized carbons (Fsp3) is 0.190. The van der Waals surface area contributed by atoms with Gasteiger partial charge in [-0.15, -0.1) is 0 Å². The normalized spacial score (nSPS) is 12.1. The molecule has 1 unspecified atom stereocenters. The zero-order chi connectivity index (χ0) is 16.4. The molecule has 3 rings (SSSR count). The quantitative estimate of drug-likeness (QED) is 0.729. The van der Waals surface area contributed by atoms with Gasteiger partial charge in [0.25, 0.3) is 5.91 Å². The van der Waals surface area contributed by atoms with Crippen molar-refractivity contribution in [1.29, 1.82) is 0 Å². The molecule has 2 nitrogen and oxygen atoms in total. The van der Waals surface area contributed by atoms with Gasteiger partial charge in [-0.25, -0.2) is 0 Å². The van der Waals surface area contributed by atoms with Crippen molar-refractivity contribution in [2.75, 3.05) is 0 Å². The highest BCUT2D eigenvalue weighted by atomic mass is 16.1. The lowest BCUT2D eigenvalue weighted by molar-refractivity contribution is 0.0939. The van der Waals surface area contributed by atoms with Crippen molar-refractivity contribution in [3.8, 4) is 0 Å². The standard InChI is InChI=1S/C21H21NO/c1-14-11-12-15(2)20(13-14)21(23)22-16(3)18-10-6-8-17-7-4-5-9-19(17)18/h4-13,16H,1-3H3,(H,22,23). The molecule has 2 heteroatoms. The summed E-state index contributed by atoms with van der Waals surface area (Å²) < 4.78 is 0. The van der Waals surface area contributed by atoms with E-state index in [1.54, 1.807) is 0 Å². The molecule has 3 aromatic carbocycles. The van der Waals surface area contributed by atoms with Gasteiger partial charge in [-0.2, -0.15) is 0 Å². The molecule has 0 fully saturated rings. The first-order valence-electron chi connectivity index (χ1n) is 7.92. The van der Waals surface area contributed by atoms with E-state index < -0.39 is 0 Å². The largest absolute Gasteiger partial charge is 0.345 e. The Bertz CT molecular complexity index is 861. The van der Waals surface area contributed by atoms with Gasteiger partial charge < -0.3 is 5.32 Å². The first-order chi connectivity index (χ1) is 11.1. The second kappa shape index (κ2) is 6.25. The van der Waals surface area contributed by atoms with E-state index in [-0.39, 0.29) is 11.9 Å². The molecule has 1 amide bonds. The molecule has 0 saturated carbocycles. The smallest absolute Gasteiger partial charge is 0.252 e. The number of hydrogen-bond acceptors (Lipinski definition) is 1. The number of carbonyl (C=O) groups is 1. The number of rotatable bonds is 3. The lowest BCUT2D eigenvalue weighted by atomic mass is 9.99. The van der Waals surface area contributed by atoms with Gasteiger partial charge in [0.1, 0.15) is 0 Å². The third-order valence-electron chi connectivity index (χ3n) is 4.28. The minimum Gasteiger partial charge on any atom is -0.345 e. The maximum absolute atomic E-state index is 12.6. The fourth-order valence-corrected chi connectivity index (χ4v) is 2.96. The highest BCUT2D eigenvalue weighted by Gasteiger charge is 2.15. The first-order valence-corrected chi connectivity index (χ1v) is 7.92. The van der Waals surface area contributed by atoms with E-state index in [2.05, 4.69) is 29.6 Å². The first kappa shape index (κ1) is 15.3. The average molecular weight is 303 g/mol. The van der Waals surface area contributed by atoms with Gasteiger partial charge in [0.2, 0.25) is 0 Å². The molecule has 23 heavy (non-hydrogen) atoms. The van der Waals surface area contributed by atoms with E-state index in [9.17, 15) is 4.79 Å². The van der Waals surface area contributed by atoms with Crippen LogP contribution in [0.15, 0.2) is 60.7 Å². The number of hydrogen-bond donors (Lipinski definition) is 1. The van der Waals surface area contributed by atoms with Gasteiger partial charge in [-0.1, -0.05) is 60.2 Å². The Labute approximate surface area is 137 Å². The van der Waals surface area contributed by atoms with E-state index in [0.717, 1.165) is 22.3 Å². The lowest BCUT2D eigenvalue weighted by Crippen LogP contribution is -2.27. The minimum atomic E-state index is -0.0477. The molecule has 0 aromatic heterocycles. The van der Waals surface area contributed by atoms with Gasteiger partial charge in [-0.3, -0.25) is 4.79 Å². The van der Waals surface area contributed by atoms with Crippen LogP contribution in [0, 0.1) is 13.8 Å². The summed E-state index contributed by atoms with van der Waals surface area (Å²) in [6, 6.07) is 20.4. The Morgan fingerprint density at radius 3 is 2.52 bits per heavy atom. The van der Waals surface area contributed by atoms with E-state index in [0.29, 0.717) is 0 Å². The molecule has 1 atom stereocenters. The van der Waals surface area contributed by atoms with E-state index in [4.69, 9.17) is 0 Å². The number of benzene rings is 3. The molecule has 0 spiro atoms. The summed E-state index contributed by atoms with van der Waals surface area (Å²) in [6.45, 7) is 6.01. The van der Waals surface area contributed by atoms with Crippen LogP contribution in [0.5, 0.6) is 0 Å². The summed E-state index contributed by atoms with van der Waals surface area (Å²) in [5.41, 5.74) is 3.98. The summed E-state index contributed by atoms with van der Waals surface area (Å²) in [5.74, 6) is -0.0216. The number of aryl methyl sites for hydroxylation is 2. The Kier molecular flexibility index (Phi) is 4.16. The molecule has 0 saturated heterocycles.